The van der Waals surface area contributed by atoms with Crippen LogP contribution in [0.1, 0.15) is 39.5 Å². The number of hydrogen-bond donors (Lipinski definition) is 2. The Morgan fingerprint density at radius 1 is 1.00 bits per heavy atom. The fraction of sp³-hybridized carbons (Fsp3) is 0.391. The quantitative estimate of drug-likeness (QED) is 0.308. The van der Waals surface area contributed by atoms with Crippen LogP contribution in [0.2, 0.25) is 20.1 Å². The number of halogens is 4. The SMILES string of the molecule is CC1(C)[C@H](N(O)C(=O)Nc2ccc(Cl)c(Cl)c2)N(c2ccc(Cl)c(Cl)c2)C(=O)N1C1CCCC1. The fourth-order valence-electron chi connectivity index (χ4n) is 4.86. The molecule has 1 saturated carbocycles. The lowest BCUT2D eigenvalue weighted by Gasteiger charge is -2.40. The highest BCUT2D eigenvalue weighted by atomic mass is 35.5. The van der Waals surface area contributed by atoms with Crippen LogP contribution in [0.15, 0.2) is 36.4 Å². The number of nitrogens with zero attached hydrogens (tertiary/aromatic N) is 3. The van der Waals surface area contributed by atoms with Crippen molar-refractivity contribution >= 4 is 69.8 Å². The van der Waals surface area contributed by atoms with Crippen LogP contribution < -0.4 is 10.2 Å². The molecular formula is C23H24Cl4N4O3. The molecule has 1 aliphatic heterocycles. The summed E-state index contributed by atoms with van der Waals surface area (Å²) in [5.74, 6) is 0. The molecule has 2 aromatic carbocycles. The van der Waals surface area contributed by atoms with Crippen LogP contribution in [0.25, 0.3) is 0 Å². The van der Waals surface area contributed by atoms with Gasteiger partial charge < -0.3 is 10.2 Å². The highest BCUT2D eigenvalue weighted by Gasteiger charge is 2.58. The first kappa shape index (κ1) is 25.2. The van der Waals surface area contributed by atoms with Gasteiger partial charge >= 0.3 is 12.1 Å². The third kappa shape index (κ3) is 4.52. The minimum Gasteiger partial charge on any atom is -0.312 e. The molecule has 1 heterocycles. The molecule has 0 aromatic heterocycles. The smallest absolute Gasteiger partial charge is 0.312 e. The maximum Gasteiger partial charge on any atom is 0.347 e. The zero-order valence-corrected chi connectivity index (χ0v) is 21.6. The van der Waals surface area contributed by atoms with E-state index in [1.165, 1.54) is 17.0 Å². The second kappa shape index (κ2) is 9.63. The highest BCUT2D eigenvalue weighted by molar-refractivity contribution is 6.42. The maximum absolute atomic E-state index is 13.8. The van der Waals surface area contributed by atoms with Gasteiger partial charge in [-0.1, -0.05) is 59.2 Å². The topological polar surface area (TPSA) is 76.1 Å². The first-order valence-electron chi connectivity index (χ1n) is 10.8. The molecule has 4 amide bonds. The van der Waals surface area contributed by atoms with Crippen LogP contribution in [-0.4, -0.2) is 45.0 Å². The lowest BCUT2D eigenvalue weighted by Crippen LogP contribution is -2.59. The molecule has 4 rings (SSSR count). The minimum absolute atomic E-state index is 0.00399. The number of nitrogens with one attached hydrogen (secondary N) is 1. The fourth-order valence-corrected chi connectivity index (χ4v) is 5.45. The Morgan fingerprint density at radius 2 is 1.59 bits per heavy atom. The number of hydrogen-bond acceptors (Lipinski definition) is 3. The van der Waals surface area contributed by atoms with Crippen molar-refractivity contribution < 1.29 is 14.8 Å². The van der Waals surface area contributed by atoms with Gasteiger partial charge in [-0.15, -0.1) is 0 Å². The molecule has 11 heteroatoms. The molecule has 182 valence electrons. The van der Waals surface area contributed by atoms with Crippen molar-refractivity contribution in [2.75, 3.05) is 10.2 Å². The van der Waals surface area contributed by atoms with Gasteiger partial charge in [0.1, 0.15) is 0 Å². The number of carbonyl (C=O) groups excluding carboxylic acids is 2. The van der Waals surface area contributed by atoms with E-state index in [9.17, 15) is 14.8 Å². The first-order valence-corrected chi connectivity index (χ1v) is 12.3. The maximum atomic E-state index is 13.8. The second-order valence-electron chi connectivity index (χ2n) is 8.99. The van der Waals surface area contributed by atoms with E-state index in [0.717, 1.165) is 25.7 Å². The molecule has 1 aliphatic carbocycles. The molecule has 2 aromatic rings. The Hall–Kier alpha value is -1.90. The van der Waals surface area contributed by atoms with Gasteiger partial charge in [0.25, 0.3) is 0 Å². The van der Waals surface area contributed by atoms with Crippen LogP contribution in [0.5, 0.6) is 0 Å². The van der Waals surface area contributed by atoms with Crippen LogP contribution in [0.3, 0.4) is 0 Å². The van der Waals surface area contributed by atoms with Crippen LogP contribution in [0.4, 0.5) is 21.0 Å². The van der Waals surface area contributed by atoms with E-state index < -0.39 is 17.7 Å². The number of hydroxylamine groups is 2. The predicted molar refractivity (Wildman–Crippen MR) is 135 cm³/mol. The molecule has 2 aliphatic rings. The van der Waals surface area contributed by atoms with E-state index >= 15 is 0 Å². The average Bonchev–Trinajstić information content (AvgIpc) is 3.36. The first-order chi connectivity index (χ1) is 16.0. The van der Waals surface area contributed by atoms with Crippen molar-refractivity contribution in [1.29, 1.82) is 0 Å². The van der Waals surface area contributed by atoms with Crippen molar-refractivity contribution in [2.45, 2.75) is 57.3 Å². The zero-order chi connectivity index (χ0) is 24.8. The third-order valence-electron chi connectivity index (χ3n) is 6.39. The lowest BCUT2D eigenvalue weighted by atomic mass is 9.97. The van der Waals surface area contributed by atoms with Gasteiger partial charge in [0.2, 0.25) is 0 Å². The Kier molecular flexibility index (Phi) is 7.14. The van der Waals surface area contributed by atoms with Crippen molar-refractivity contribution in [3.63, 3.8) is 0 Å². The number of amides is 4. The lowest BCUT2D eigenvalue weighted by molar-refractivity contribution is -0.0976. The summed E-state index contributed by atoms with van der Waals surface area (Å²) in [7, 11) is 0. The monoisotopic (exact) mass is 544 g/mol. The van der Waals surface area contributed by atoms with Crippen molar-refractivity contribution in [3.8, 4) is 0 Å². The van der Waals surface area contributed by atoms with E-state index in [2.05, 4.69) is 5.32 Å². The number of benzene rings is 2. The Balaban J connectivity index is 1.71. The van der Waals surface area contributed by atoms with E-state index in [1.807, 2.05) is 13.8 Å². The van der Waals surface area contributed by atoms with Gasteiger partial charge in [-0.3, -0.25) is 10.1 Å². The van der Waals surface area contributed by atoms with E-state index in [4.69, 9.17) is 46.4 Å². The van der Waals surface area contributed by atoms with Crippen LogP contribution in [0, 0.1) is 0 Å². The summed E-state index contributed by atoms with van der Waals surface area (Å²) in [4.78, 5) is 30.0. The number of rotatable bonds is 4. The summed E-state index contributed by atoms with van der Waals surface area (Å²) in [6.45, 7) is 3.67. The molecule has 2 fully saturated rings. The molecule has 0 unspecified atom stereocenters. The van der Waals surface area contributed by atoms with Gasteiger partial charge in [-0.2, -0.15) is 5.06 Å². The molecule has 34 heavy (non-hydrogen) atoms. The van der Waals surface area contributed by atoms with Crippen molar-refractivity contribution in [1.82, 2.24) is 9.96 Å². The van der Waals surface area contributed by atoms with E-state index in [1.54, 1.807) is 29.2 Å². The normalized spacial score (nSPS) is 20.2. The summed E-state index contributed by atoms with van der Waals surface area (Å²) in [5.41, 5.74) is -0.171. The summed E-state index contributed by atoms with van der Waals surface area (Å²) in [6.07, 6.45) is 2.70. The van der Waals surface area contributed by atoms with Gasteiger partial charge in [0, 0.05) is 17.4 Å². The van der Waals surface area contributed by atoms with Crippen LogP contribution in [-0.2, 0) is 0 Å². The molecule has 2 N–H and O–H groups in total. The average molecular weight is 546 g/mol. The number of anilines is 2. The molecule has 1 saturated heterocycles. The minimum atomic E-state index is -1.05. The van der Waals surface area contributed by atoms with Gasteiger partial charge in [0.15, 0.2) is 6.17 Å². The summed E-state index contributed by atoms with van der Waals surface area (Å²) in [5, 5.41) is 15.5. The van der Waals surface area contributed by atoms with Gasteiger partial charge in [-0.05, 0) is 63.1 Å². The largest absolute Gasteiger partial charge is 0.347 e. The Labute approximate surface area is 218 Å². The van der Waals surface area contributed by atoms with E-state index in [-0.39, 0.29) is 22.1 Å². The summed E-state index contributed by atoms with van der Waals surface area (Å²) >= 11 is 24.3. The molecule has 0 bridgehead atoms. The number of urea groups is 2. The number of carbonyl (C=O) groups is 2. The third-order valence-corrected chi connectivity index (χ3v) is 7.87. The molecule has 0 radical (unpaired) electrons. The summed E-state index contributed by atoms with van der Waals surface area (Å²) in [6, 6.07) is 8.19. The molecule has 1 atom stereocenters. The highest BCUT2D eigenvalue weighted by Crippen LogP contribution is 2.43. The van der Waals surface area contributed by atoms with Gasteiger partial charge in [0.05, 0.1) is 25.6 Å². The van der Waals surface area contributed by atoms with Crippen molar-refractivity contribution in [2.24, 2.45) is 0 Å². The van der Waals surface area contributed by atoms with Gasteiger partial charge in [-0.25, -0.2) is 9.59 Å². The van der Waals surface area contributed by atoms with Crippen LogP contribution >= 0.6 is 46.4 Å². The van der Waals surface area contributed by atoms with E-state index in [0.29, 0.717) is 26.5 Å². The Bertz CT molecular complexity index is 1120. The zero-order valence-electron chi connectivity index (χ0n) is 18.6. The van der Waals surface area contributed by atoms with Crippen molar-refractivity contribution in [3.05, 3.63) is 56.5 Å². The second-order valence-corrected chi connectivity index (χ2v) is 10.6. The molecule has 7 nitrogen and oxygen atoms in total. The molecule has 0 spiro atoms. The molecular weight excluding hydrogens is 522 g/mol. The Morgan fingerprint density at radius 3 is 2.18 bits per heavy atom. The standard InChI is InChI=1S/C23H24Cl4N4O3/c1-23(2)20(31(34)21(32)28-13-7-9-16(24)18(26)11-13)29(15-8-10-17(25)19(27)12-15)22(33)30(23)14-5-3-4-6-14/h7-12,14,20,34H,3-6H2,1-2H3,(H,28,32)/t20-/m0/s1. The predicted octanol–water partition coefficient (Wildman–Crippen LogP) is 7.51. The summed E-state index contributed by atoms with van der Waals surface area (Å²) < 4.78 is 0.